The molecule has 0 atom stereocenters. The lowest BCUT2D eigenvalue weighted by molar-refractivity contribution is 0.0907. The van der Waals surface area contributed by atoms with Gasteiger partial charge in [-0.05, 0) is 37.0 Å². The van der Waals surface area contributed by atoms with Gasteiger partial charge < -0.3 is 14.7 Å². The second kappa shape index (κ2) is 7.99. The maximum Gasteiger partial charge on any atom is 0.316 e. The van der Waals surface area contributed by atoms with E-state index >= 15 is 0 Å². The summed E-state index contributed by atoms with van der Waals surface area (Å²) in [6.07, 6.45) is 5.37. The summed E-state index contributed by atoms with van der Waals surface area (Å²) in [5.74, 6) is 0.868. The Bertz CT molecular complexity index is 904. The molecular weight excluding hydrogens is 342 g/mol. The zero-order valence-electron chi connectivity index (χ0n) is 15.0. The average Bonchev–Trinajstić information content (AvgIpc) is 3.24. The Hall–Kier alpha value is -3.22. The van der Waals surface area contributed by atoms with E-state index in [9.17, 15) is 4.79 Å². The molecule has 1 aliphatic rings. The van der Waals surface area contributed by atoms with Crippen LogP contribution >= 0.6 is 0 Å². The second-order valence-electron chi connectivity index (χ2n) is 6.54. The molecule has 4 rings (SSSR count). The molecule has 0 saturated carbocycles. The molecule has 0 radical (unpaired) electrons. The number of aromatic nitrogens is 3. The maximum atomic E-state index is 12.2. The highest BCUT2D eigenvalue weighted by atomic mass is 16.5. The highest BCUT2D eigenvalue weighted by molar-refractivity contribution is 5.89. The van der Waals surface area contributed by atoms with Crippen LogP contribution in [0.25, 0.3) is 11.4 Å². The second-order valence-corrected chi connectivity index (χ2v) is 6.54. The van der Waals surface area contributed by atoms with E-state index in [1.165, 1.54) is 19.3 Å². The number of pyridine rings is 1. The topological polar surface area (TPSA) is 84.2 Å². The Morgan fingerprint density at radius 3 is 2.74 bits per heavy atom. The molecule has 1 aromatic carbocycles. The number of hydrogen-bond acceptors (Lipinski definition) is 6. The molecule has 27 heavy (non-hydrogen) atoms. The van der Waals surface area contributed by atoms with Crippen molar-refractivity contribution in [1.82, 2.24) is 20.4 Å². The third-order valence-electron chi connectivity index (χ3n) is 4.60. The van der Waals surface area contributed by atoms with Gasteiger partial charge in [-0.1, -0.05) is 35.5 Å². The first-order valence-electron chi connectivity index (χ1n) is 9.17. The molecule has 1 aliphatic heterocycles. The van der Waals surface area contributed by atoms with Crippen molar-refractivity contribution in [3.8, 4) is 11.4 Å². The zero-order valence-corrected chi connectivity index (χ0v) is 15.0. The van der Waals surface area contributed by atoms with Gasteiger partial charge in [0.25, 0.3) is 0 Å². The Labute approximate surface area is 157 Å². The molecule has 7 nitrogen and oxygen atoms in total. The van der Waals surface area contributed by atoms with Gasteiger partial charge in [-0.25, -0.2) is 4.98 Å². The summed E-state index contributed by atoms with van der Waals surface area (Å²) in [4.78, 5) is 23.2. The lowest BCUT2D eigenvalue weighted by Crippen LogP contribution is -2.30. The first-order chi connectivity index (χ1) is 13.3. The van der Waals surface area contributed by atoms with Crippen molar-refractivity contribution in [3.05, 3.63) is 60.1 Å². The van der Waals surface area contributed by atoms with Crippen LogP contribution in [0.2, 0.25) is 0 Å². The van der Waals surface area contributed by atoms with Crippen LogP contribution in [-0.2, 0) is 6.54 Å². The van der Waals surface area contributed by atoms with Crippen molar-refractivity contribution in [3.63, 3.8) is 0 Å². The van der Waals surface area contributed by atoms with Crippen LogP contribution in [0.15, 0.2) is 53.2 Å². The van der Waals surface area contributed by atoms with Crippen molar-refractivity contribution >= 4 is 11.7 Å². The van der Waals surface area contributed by atoms with Gasteiger partial charge in [-0.3, -0.25) is 4.79 Å². The van der Waals surface area contributed by atoms with Crippen LogP contribution in [0.1, 0.15) is 35.5 Å². The molecule has 7 heteroatoms. The molecule has 1 N–H and O–H groups in total. The SMILES string of the molecule is O=C(NCc1ccccc1)c1nc(-c2ccnc(N3CCCCC3)c2)no1. The monoisotopic (exact) mass is 363 g/mol. The average molecular weight is 363 g/mol. The third-order valence-corrected chi connectivity index (χ3v) is 4.60. The quantitative estimate of drug-likeness (QED) is 0.750. The Kier molecular flexibility index (Phi) is 5.09. The lowest BCUT2D eigenvalue weighted by atomic mass is 10.1. The minimum Gasteiger partial charge on any atom is -0.357 e. The molecule has 2 aromatic heterocycles. The van der Waals surface area contributed by atoms with Crippen LogP contribution in [0.5, 0.6) is 0 Å². The number of carbonyl (C=O) groups excluding carboxylic acids is 1. The van der Waals surface area contributed by atoms with E-state index in [1.54, 1.807) is 6.20 Å². The summed E-state index contributed by atoms with van der Waals surface area (Å²) >= 11 is 0. The number of benzene rings is 1. The Morgan fingerprint density at radius 1 is 1.11 bits per heavy atom. The standard InChI is InChI=1S/C20H21N5O2/c26-19(22-14-15-7-3-1-4-8-15)20-23-18(24-27-20)16-9-10-21-17(13-16)25-11-5-2-6-12-25/h1,3-4,7-10,13H,2,5-6,11-12,14H2,(H,22,26). The fourth-order valence-electron chi connectivity index (χ4n) is 3.14. The van der Waals surface area contributed by atoms with Crippen molar-refractivity contribution in [2.75, 3.05) is 18.0 Å². The van der Waals surface area contributed by atoms with Gasteiger partial charge in [0.05, 0.1) is 0 Å². The van der Waals surface area contributed by atoms with Crippen molar-refractivity contribution in [2.24, 2.45) is 0 Å². The molecule has 3 heterocycles. The third kappa shape index (κ3) is 4.13. The molecule has 0 bridgehead atoms. The predicted molar refractivity (Wildman–Crippen MR) is 101 cm³/mol. The molecule has 0 unspecified atom stereocenters. The summed E-state index contributed by atoms with van der Waals surface area (Å²) < 4.78 is 5.15. The van der Waals surface area contributed by atoms with E-state index in [1.807, 2.05) is 42.5 Å². The van der Waals surface area contributed by atoms with Gasteiger partial charge in [0.1, 0.15) is 5.82 Å². The number of amides is 1. The van der Waals surface area contributed by atoms with E-state index in [-0.39, 0.29) is 11.8 Å². The highest BCUT2D eigenvalue weighted by Gasteiger charge is 2.18. The summed E-state index contributed by atoms with van der Waals surface area (Å²) in [5, 5.41) is 6.74. The molecule has 3 aromatic rings. The fraction of sp³-hybridized carbons (Fsp3) is 0.300. The number of hydrogen-bond donors (Lipinski definition) is 1. The first kappa shape index (κ1) is 17.2. The van der Waals surface area contributed by atoms with Gasteiger partial charge in [0.2, 0.25) is 5.82 Å². The largest absolute Gasteiger partial charge is 0.357 e. The van der Waals surface area contributed by atoms with Crippen LogP contribution < -0.4 is 10.2 Å². The van der Waals surface area contributed by atoms with E-state index in [2.05, 4.69) is 25.3 Å². The number of nitrogens with zero attached hydrogens (tertiary/aromatic N) is 4. The Morgan fingerprint density at radius 2 is 1.93 bits per heavy atom. The summed E-state index contributed by atoms with van der Waals surface area (Å²) in [5.41, 5.74) is 1.79. The summed E-state index contributed by atoms with van der Waals surface area (Å²) in [6.45, 7) is 2.43. The predicted octanol–water partition coefficient (Wildman–Crippen LogP) is 3.05. The fourth-order valence-corrected chi connectivity index (χ4v) is 3.14. The smallest absolute Gasteiger partial charge is 0.316 e. The minimum atomic E-state index is -0.386. The highest BCUT2D eigenvalue weighted by Crippen LogP contribution is 2.23. The minimum absolute atomic E-state index is 0.0442. The summed E-state index contributed by atoms with van der Waals surface area (Å²) in [7, 11) is 0. The lowest BCUT2D eigenvalue weighted by Gasteiger charge is -2.27. The maximum absolute atomic E-state index is 12.2. The van der Waals surface area contributed by atoms with Crippen molar-refractivity contribution in [1.29, 1.82) is 0 Å². The van der Waals surface area contributed by atoms with Crippen molar-refractivity contribution in [2.45, 2.75) is 25.8 Å². The molecule has 1 saturated heterocycles. The number of nitrogens with one attached hydrogen (secondary N) is 1. The van der Waals surface area contributed by atoms with Crippen molar-refractivity contribution < 1.29 is 9.32 Å². The molecule has 138 valence electrons. The Balaban J connectivity index is 1.45. The van der Waals surface area contributed by atoms with Gasteiger partial charge >= 0.3 is 11.8 Å². The normalized spacial score (nSPS) is 14.1. The van der Waals surface area contributed by atoms with E-state index in [0.29, 0.717) is 12.4 Å². The summed E-state index contributed by atoms with van der Waals surface area (Å²) in [6, 6.07) is 13.4. The number of piperidine rings is 1. The van der Waals surface area contributed by atoms with Gasteiger partial charge in [0, 0.05) is 31.4 Å². The van der Waals surface area contributed by atoms with Gasteiger partial charge in [0.15, 0.2) is 0 Å². The van der Waals surface area contributed by atoms with Crippen LogP contribution in [0.3, 0.4) is 0 Å². The number of rotatable bonds is 5. The number of anilines is 1. The molecule has 1 fully saturated rings. The zero-order chi connectivity index (χ0) is 18.5. The van der Waals surface area contributed by atoms with Crippen LogP contribution in [0, 0.1) is 0 Å². The molecule has 0 aliphatic carbocycles. The number of carbonyl (C=O) groups is 1. The van der Waals surface area contributed by atoms with Gasteiger partial charge in [-0.2, -0.15) is 4.98 Å². The van der Waals surface area contributed by atoms with E-state index < -0.39 is 0 Å². The van der Waals surface area contributed by atoms with E-state index in [4.69, 9.17) is 4.52 Å². The van der Waals surface area contributed by atoms with Gasteiger partial charge in [-0.15, -0.1) is 0 Å². The molecular formula is C20H21N5O2. The molecule has 0 spiro atoms. The first-order valence-corrected chi connectivity index (χ1v) is 9.17. The van der Waals surface area contributed by atoms with Crippen LogP contribution in [0.4, 0.5) is 5.82 Å². The van der Waals surface area contributed by atoms with E-state index in [0.717, 1.165) is 30.0 Å². The molecule has 1 amide bonds. The van der Waals surface area contributed by atoms with Crippen LogP contribution in [-0.4, -0.2) is 34.1 Å².